The summed E-state index contributed by atoms with van der Waals surface area (Å²) >= 11 is 1.28. The Morgan fingerprint density at radius 2 is 1.83 bits per heavy atom. The fourth-order valence-electron chi connectivity index (χ4n) is 2.16. The average molecular weight is 342 g/mol. The fourth-order valence-corrected chi connectivity index (χ4v) is 2.99. The Hall–Kier alpha value is -2.67. The molecule has 5 nitrogen and oxygen atoms in total. The average Bonchev–Trinajstić information content (AvgIpc) is 3.05. The predicted molar refractivity (Wildman–Crippen MR) is 91.5 cm³/mol. The summed E-state index contributed by atoms with van der Waals surface area (Å²) in [5.41, 5.74) is 1.63. The van der Waals surface area contributed by atoms with Crippen LogP contribution in [-0.4, -0.2) is 33.5 Å². The smallest absolute Gasteiger partial charge is 0.230 e. The molecule has 0 aliphatic rings. The van der Waals surface area contributed by atoms with E-state index < -0.39 is 0 Å². The van der Waals surface area contributed by atoms with E-state index in [9.17, 15) is 9.18 Å². The minimum Gasteiger partial charge on any atom is -0.358 e. The van der Waals surface area contributed by atoms with Crippen LogP contribution in [0.1, 0.15) is 0 Å². The van der Waals surface area contributed by atoms with Gasteiger partial charge in [0, 0.05) is 18.3 Å². The van der Waals surface area contributed by atoms with E-state index in [0.29, 0.717) is 11.0 Å². The van der Waals surface area contributed by atoms with Gasteiger partial charge in [-0.15, -0.1) is 10.2 Å². The lowest BCUT2D eigenvalue weighted by Gasteiger charge is -2.10. The Labute approximate surface area is 142 Å². The Bertz CT molecular complexity index is 834. The van der Waals surface area contributed by atoms with Gasteiger partial charge >= 0.3 is 0 Å². The summed E-state index contributed by atoms with van der Waals surface area (Å²) in [5.74, 6) is 0.453. The Kier molecular flexibility index (Phi) is 4.90. The van der Waals surface area contributed by atoms with Crippen molar-refractivity contribution in [1.29, 1.82) is 0 Å². The molecule has 1 amide bonds. The van der Waals surface area contributed by atoms with Gasteiger partial charge in [0.05, 0.1) is 5.75 Å². The maximum absolute atomic E-state index is 13.3. The van der Waals surface area contributed by atoms with E-state index in [0.717, 1.165) is 11.3 Å². The highest BCUT2D eigenvalue weighted by molar-refractivity contribution is 7.99. The van der Waals surface area contributed by atoms with Gasteiger partial charge in [0.1, 0.15) is 5.82 Å². The summed E-state index contributed by atoms with van der Waals surface area (Å²) in [5, 5.41) is 11.6. The molecule has 0 saturated heterocycles. The zero-order valence-corrected chi connectivity index (χ0v) is 13.8. The molecule has 3 aromatic rings. The van der Waals surface area contributed by atoms with E-state index in [1.807, 2.05) is 34.9 Å². The van der Waals surface area contributed by atoms with Crippen molar-refractivity contribution in [3.05, 3.63) is 60.4 Å². The van der Waals surface area contributed by atoms with Gasteiger partial charge in [0.2, 0.25) is 5.91 Å². The zero-order chi connectivity index (χ0) is 16.9. The molecule has 1 aromatic heterocycles. The van der Waals surface area contributed by atoms with Crippen molar-refractivity contribution in [1.82, 2.24) is 20.1 Å². The maximum Gasteiger partial charge on any atom is 0.230 e. The molecule has 0 fully saturated rings. The first-order chi connectivity index (χ1) is 11.7. The maximum atomic E-state index is 13.3. The number of rotatable bonds is 5. The van der Waals surface area contributed by atoms with E-state index in [1.54, 1.807) is 19.2 Å². The van der Waals surface area contributed by atoms with Crippen LogP contribution in [0, 0.1) is 5.82 Å². The number of thioether (sulfide) groups is 1. The molecule has 0 radical (unpaired) electrons. The number of nitrogens with one attached hydrogen (secondary N) is 1. The third-order valence-corrected chi connectivity index (χ3v) is 4.29. The molecule has 3 rings (SSSR count). The number of aromatic nitrogens is 3. The van der Waals surface area contributed by atoms with E-state index in [2.05, 4.69) is 15.5 Å². The second-order valence-corrected chi connectivity index (χ2v) is 5.89. The summed E-state index contributed by atoms with van der Waals surface area (Å²) in [6.07, 6.45) is 0. The standard InChI is InChI=1S/C17H15FN4OS/c1-19-15(23)11-24-17-21-20-16(12-5-3-2-4-6-12)22(17)14-9-7-13(18)8-10-14/h2-10H,11H2,1H3,(H,19,23). The fraction of sp³-hybridized carbons (Fsp3) is 0.118. The molecule has 0 unspecified atom stereocenters. The monoisotopic (exact) mass is 342 g/mol. The second kappa shape index (κ2) is 7.27. The molecule has 24 heavy (non-hydrogen) atoms. The molecule has 0 spiro atoms. The number of amides is 1. The van der Waals surface area contributed by atoms with Crippen molar-refractivity contribution in [2.24, 2.45) is 0 Å². The number of benzene rings is 2. The van der Waals surface area contributed by atoms with Gasteiger partial charge in [0.15, 0.2) is 11.0 Å². The zero-order valence-electron chi connectivity index (χ0n) is 12.9. The number of carbonyl (C=O) groups excluding carboxylic acids is 1. The van der Waals surface area contributed by atoms with Crippen molar-refractivity contribution < 1.29 is 9.18 Å². The Morgan fingerprint density at radius 3 is 2.50 bits per heavy atom. The van der Waals surface area contributed by atoms with Crippen molar-refractivity contribution in [3.8, 4) is 17.1 Å². The quantitative estimate of drug-likeness (QED) is 0.724. The largest absolute Gasteiger partial charge is 0.358 e. The molecule has 7 heteroatoms. The van der Waals surface area contributed by atoms with Gasteiger partial charge in [-0.05, 0) is 24.3 Å². The van der Waals surface area contributed by atoms with Crippen LogP contribution in [-0.2, 0) is 4.79 Å². The van der Waals surface area contributed by atoms with Crippen LogP contribution in [0.15, 0.2) is 59.8 Å². The first-order valence-electron chi connectivity index (χ1n) is 7.29. The third-order valence-electron chi connectivity index (χ3n) is 3.36. The molecular weight excluding hydrogens is 327 g/mol. The minimum atomic E-state index is -0.312. The molecular formula is C17H15FN4OS. The summed E-state index contributed by atoms with van der Waals surface area (Å²) in [6.45, 7) is 0. The lowest BCUT2D eigenvalue weighted by molar-refractivity contribution is -0.118. The number of hydrogen-bond acceptors (Lipinski definition) is 4. The van der Waals surface area contributed by atoms with E-state index >= 15 is 0 Å². The van der Waals surface area contributed by atoms with Gasteiger partial charge < -0.3 is 5.32 Å². The second-order valence-electron chi connectivity index (χ2n) is 4.95. The first-order valence-corrected chi connectivity index (χ1v) is 8.28. The highest BCUT2D eigenvalue weighted by Gasteiger charge is 2.17. The molecule has 0 saturated carbocycles. The molecule has 0 aliphatic heterocycles. The third kappa shape index (κ3) is 3.46. The van der Waals surface area contributed by atoms with Crippen molar-refractivity contribution >= 4 is 17.7 Å². The van der Waals surface area contributed by atoms with Crippen LogP contribution in [0.25, 0.3) is 17.1 Å². The molecule has 0 aliphatic carbocycles. The number of nitrogens with zero attached hydrogens (tertiary/aromatic N) is 3. The van der Waals surface area contributed by atoms with Gasteiger partial charge in [-0.25, -0.2) is 4.39 Å². The van der Waals surface area contributed by atoms with Crippen molar-refractivity contribution in [2.75, 3.05) is 12.8 Å². The molecule has 2 aromatic carbocycles. The number of halogens is 1. The molecule has 0 bridgehead atoms. The van der Waals surface area contributed by atoms with Crippen LogP contribution in [0.5, 0.6) is 0 Å². The molecule has 1 N–H and O–H groups in total. The predicted octanol–water partition coefficient (Wildman–Crippen LogP) is 2.91. The number of hydrogen-bond donors (Lipinski definition) is 1. The van der Waals surface area contributed by atoms with Crippen LogP contribution in [0.2, 0.25) is 0 Å². The Morgan fingerprint density at radius 1 is 1.12 bits per heavy atom. The van der Waals surface area contributed by atoms with Crippen LogP contribution in [0.4, 0.5) is 4.39 Å². The molecule has 122 valence electrons. The number of carbonyl (C=O) groups is 1. The van der Waals surface area contributed by atoms with Crippen molar-refractivity contribution in [2.45, 2.75) is 5.16 Å². The van der Waals surface area contributed by atoms with Gasteiger partial charge in [-0.1, -0.05) is 42.1 Å². The SMILES string of the molecule is CNC(=O)CSc1nnc(-c2ccccc2)n1-c1ccc(F)cc1. The minimum absolute atomic E-state index is 0.102. The van der Waals surface area contributed by atoms with E-state index in [-0.39, 0.29) is 17.5 Å². The lowest BCUT2D eigenvalue weighted by atomic mass is 10.2. The van der Waals surface area contributed by atoms with Gasteiger partial charge in [-0.2, -0.15) is 0 Å². The van der Waals surface area contributed by atoms with E-state index in [1.165, 1.54) is 23.9 Å². The highest BCUT2D eigenvalue weighted by Crippen LogP contribution is 2.27. The van der Waals surface area contributed by atoms with Crippen LogP contribution >= 0.6 is 11.8 Å². The summed E-state index contributed by atoms with van der Waals surface area (Å²) in [6, 6.07) is 15.7. The van der Waals surface area contributed by atoms with Crippen molar-refractivity contribution in [3.63, 3.8) is 0 Å². The lowest BCUT2D eigenvalue weighted by Crippen LogP contribution is -2.20. The molecule has 0 atom stereocenters. The van der Waals surface area contributed by atoms with E-state index in [4.69, 9.17) is 0 Å². The summed E-state index contributed by atoms with van der Waals surface area (Å²) < 4.78 is 15.1. The summed E-state index contributed by atoms with van der Waals surface area (Å²) in [4.78, 5) is 11.5. The van der Waals surface area contributed by atoms with Gasteiger partial charge in [-0.3, -0.25) is 9.36 Å². The summed E-state index contributed by atoms with van der Waals surface area (Å²) in [7, 11) is 1.59. The first kappa shape index (κ1) is 16.2. The van der Waals surface area contributed by atoms with Crippen LogP contribution in [0.3, 0.4) is 0 Å². The Balaban J connectivity index is 2.05. The highest BCUT2D eigenvalue weighted by atomic mass is 32.2. The van der Waals surface area contributed by atoms with Crippen LogP contribution < -0.4 is 5.32 Å². The normalized spacial score (nSPS) is 10.6. The topological polar surface area (TPSA) is 59.8 Å². The molecule has 1 heterocycles. The van der Waals surface area contributed by atoms with Gasteiger partial charge in [0.25, 0.3) is 0 Å².